The number of nitrogens with one attached hydrogen (secondary N) is 1. The highest BCUT2D eigenvalue weighted by Crippen LogP contribution is 2.25. The molecule has 4 atom stereocenters. The van der Waals surface area contributed by atoms with Gasteiger partial charge in [0.25, 0.3) is 0 Å². The molecule has 0 aromatic heterocycles. The number of amides is 2. The first-order chi connectivity index (χ1) is 11.4. The molecule has 1 aromatic carbocycles. The van der Waals surface area contributed by atoms with Crippen molar-refractivity contribution in [2.75, 3.05) is 20.2 Å². The van der Waals surface area contributed by atoms with Gasteiger partial charge < -0.3 is 15.0 Å². The lowest BCUT2D eigenvalue weighted by atomic mass is 9.87. The zero-order chi connectivity index (χ0) is 17.7. The molecule has 1 aliphatic rings. The quantitative estimate of drug-likeness (QED) is 0.862. The maximum Gasteiger partial charge on any atom is 0.317 e. The van der Waals surface area contributed by atoms with Crippen molar-refractivity contribution in [1.29, 1.82) is 0 Å². The number of likely N-dealkylation sites (tertiary alicyclic amines) is 1. The number of nitrogens with zero attached hydrogens (tertiary/aromatic N) is 1. The molecular weight excluding hydrogens is 304 g/mol. The lowest BCUT2D eigenvalue weighted by Crippen LogP contribution is -2.51. The van der Waals surface area contributed by atoms with E-state index in [4.69, 9.17) is 4.74 Å². The van der Waals surface area contributed by atoms with Gasteiger partial charge >= 0.3 is 12.0 Å². The van der Waals surface area contributed by atoms with Gasteiger partial charge in [0, 0.05) is 25.0 Å². The summed E-state index contributed by atoms with van der Waals surface area (Å²) in [7, 11) is 1.42. The Bertz CT molecular complexity index is 561. The van der Waals surface area contributed by atoms with Crippen LogP contribution in [0.4, 0.5) is 4.79 Å². The minimum atomic E-state index is -0.173. The van der Waals surface area contributed by atoms with Crippen LogP contribution in [0.1, 0.15) is 38.7 Å². The first kappa shape index (κ1) is 18.3. The summed E-state index contributed by atoms with van der Waals surface area (Å²) in [5, 5.41) is 3.10. The third-order valence-corrected chi connectivity index (χ3v) is 5.12. The highest BCUT2D eigenvalue weighted by atomic mass is 16.5. The van der Waals surface area contributed by atoms with Crippen LogP contribution in [0.15, 0.2) is 30.3 Å². The Morgan fingerprint density at radius 2 is 1.92 bits per heavy atom. The van der Waals surface area contributed by atoms with E-state index in [2.05, 4.69) is 24.4 Å². The lowest BCUT2D eigenvalue weighted by molar-refractivity contribution is -0.148. The number of hydrogen-bond donors (Lipinski definition) is 1. The molecule has 0 spiro atoms. The number of ether oxygens (including phenoxy) is 1. The number of urea groups is 1. The number of carbonyl (C=O) groups is 2. The van der Waals surface area contributed by atoms with Crippen molar-refractivity contribution in [3.63, 3.8) is 0 Å². The van der Waals surface area contributed by atoms with Crippen LogP contribution in [0.5, 0.6) is 0 Å². The first-order valence-corrected chi connectivity index (χ1v) is 8.62. The molecule has 5 nitrogen and oxygen atoms in total. The number of benzene rings is 1. The average Bonchev–Trinajstić information content (AvgIpc) is 2.60. The topological polar surface area (TPSA) is 58.6 Å². The number of rotatable bonds is 4. The molecule has 1 heterocycles. The Labute approximate surface area is 144 Å². The summed E-state index contributed by atoms with van der Waals surface area (Å²) in [6, 6.07) is 10.2. The van der Waals surface area contributed by atoms with Crippen molar-refractivity contribution in [2.45, 2.75) is 39.2 Å². The van der Waals surface area contributed by atoms with Crippen molar-refractivity contribution < 1.29 is 14.3 Å². The Hall–Kier alpha value is -2.04. The Balaban J connectivity index is 1.90. The van der Waals surface area contributed by atoms with Gasteiger partial charge in [-0.05, 0) is 24.8 Å². The number of carbonyl (C=O) groups excluding carboxylic acids is 2. The summed E-state index contributed by atoms with van der Waals surface area (Å²) in [5.74, 6) is 0.0623. The fourth-order valence-corrected chi connectivity index (χ4v) is 3.29. The summed E-state index contributed by atoms with van der Waals surface area (Å²) in [6.07, 6.45) is 0.657. The lowest BCUT2D eigenvalue weighted by Gasteiger charge is -2.36. The summed E-state index contributed by atoms with van der Waals surface area (Å²) in [5.41, 5.74) is 1.21. The second kappa shape index (κ2) is 8.18. The molecular formula is C19H28N2O3. The van der Waals surface area contributed by atoms with Gasteiger partial charge in [0.15, 0.2) is 0 Å². The van der Waals surface area contributed by atoms with Gasteiger partial charge in [-0.25, -0.2) is 4.79 Å². The molecule has 1 aliphatic heterocycles. The van der Waals surface area contributed by atoms with E-state index in [1.807, 2.05) is 32.0 Å². The van der Waals surface area contributed by atoms with Crippen molar-refractivity contribution >= 4 is 12.0 Å². The van der Waals surface area contributed by atoms with Crippen LogP contribution < -0.4 is 5.32 Å². The third kappa shape index (κ3) is 4.28. The van der Waals surface area contributed by atoms with Gasteiger partial charge in [-0.3, -0.25) is 4.79 Å². The SMILES string of the molecule is COC(=O)[C@@H]1CCN(C(=O)N[C@H](C)[C@@H](C)c2ccccc2)C[C@H]1C. The fourth-order valence-electron chi connectivity index (χ4n) is 3.29. The van der Waals surface area contributed by atoms with E-state index in [0.717, 1.165) is 0 Å². The molecule has 0 bridgehead atoms. The molecule has 0 aliphatic carbocycles. The van der Waals surface area contributed by atoms with Gasteiger partial charge in [0.2, 0.25) is 0 Å². The molecule has 132 valence electrons. The van der Waals surface area contributed by atoms with E-state index >= 15 is 0 Å². The molecule has 0 radical (unpaired) electrons. The first-order valence-electron chi connectivity index (χ1n) is 8.62. The number of hydrogen-bond acceptors (Lipinski definition) is 3. The van der Waals surface area contributed by atoms with Gasteiger partial charge in [-0.15, -0.1) is 0 Å². The van der Waals surface area contributed by atoms with Crippen molar-refractivity contribution in [3.8, 4) is 0 Å². The van der Waals surface area contributed by atoms with Crippen molar-refractivity contribution in [1.82, 2.24) is 10.2 Å². The van der Waals surface area contributed by atoms with Crippen molar-refractivity contribution in [2.24, 2.45) is 11.8 Å². The van der Waals surface area contributed by atoms with E-state index in [1.165, 1.54) is 12.7 Å². The highest BCUT2D eigenvalue weighted by molar-refractivity contribution is 5.76. The second-order valence-corrected chi connectivity index (χ2v) is 6.78. The van der Waals surface area contributed by atoms with Crippen LogP contribution in [0.25, 0.3) is 0 Å². The smallest absolute Gasteiger partial charge is 0.317 e. The molecule has 1 N–H and O–H groups in total. The van der Waals surface area contributed by atoms with E-state index in [1.54, 1.807) is 4.90 Å². The second-order valence-electron chi connectivity index (χ2n) is 6.78. The number of esters is 1. The normalized spacial score (nSPS) is 23.2. The highest BCUT2D eigenvalue weighted by Gasteiger charge is 2.34. The van der Waals surface area contributed by atoms with Crippen LogP contribution in [0.2, 0.25) is 0 Å². The summed E-state index contributed by atoms with van der Waals surface area (Å²) >= 11 is 0. The van der Waals surface area contributed by atoms with Crippen LogP contribution in [-0.4, -0.2) is 43.1 Å². The standard InChI is InChI=1S/C19H28N2O3/c1-13-12-21(11-10-17(13)18(22)24-4)19(23)20-15(3)14(2)16-8-6-5-7-9-16/h5-9,13-15,17H,10-12H2,1-4H3,(H,20,23)/t13-,14-,15-,17-/m1/s1. The largest absolute Gasteiger partial charge is 0.469 e. The maximum absolute atomic E-state index is 12.5. The molecule has 24 heavy (non-hydrogen) atoms. The number of methoxy groups -OCH3 is 1. The van der Waals surface area contributed by atoms with Gasteiger partial charge in [-0.2, -0.15) is 0 Å². The molecule has 1 saturated heterocycles. The predicted molar refractivity (Wildman–Crippen MR) is 93.7 cm³/mol. The van der Waals surface area contributed by atoms with Crippen LogP contribution in [0, 0.1) is 11.8 Å². The summed E-state index contributed by atoms with van der Waals surface area (Å²) < 4.78 is 4.84. The van der Waals surface area contributed by atoms with E-state index in [9.17, 15) is 9.59 Å². The average molecular weight is 332 g/mol. The van der Waals surface area contributed by atoms with Crippen LogP contribution >= 0.6 is 0 Å². The van der Waals surface area contributed by atoms with Crippen molar-refractivity contribution in [3.05, 3.63) is 35.9 Å². The fraction of sp³-hybridized carbons (Fsp3) is 0.579. The molecule has 0 saturated carbocycles. The van der Waals surface area contributed by atoms with Gasteiger partial charge in [-0.1, -0.05) is 44.2 Å². The minimum absolute atomic E-state index is 0.0357. The predicted octanol–water partition coefficient (Wildman–Crippen LogP) is 3.02. The van der Waals surface area contributed by atoms with Crippen LogP contribution in [0.3, 0.4) is 0 Å². The Kier molecular flexibility index (Phi) is 6.23. The zero-order valence-electron chi connectivity index (χ0n) is 15.0. The van der Waals surface area contributed by atoms with Crippen LogP contribution in [-0.2, 0) is 9.53 Å². The zero-order valence-corrected chi connectivity index (χ0v) is 15.0. The Morgan fingerprint density at radius 1 is 1.25 bits per heavy atom. The maximum atomic E-state index is 12.5. The van der Waals surface area contributed by atoms with Gasteiger partial charge in [0.1, 0.15) is 0 Å². The Morgan fingerprint density at radius 3 is 2.50 bits per heavy atom. The summed E-state index contributed by atoms with van der Waals surface area (Å²) in [6.45, 7) is 7.31. The summed E-state index contributed by atoms with van der Waals surface area (Å²) in [4.78, 5) is 26.1. The van der Waals surface area contributed by atoms with E-state index in [-0.39, 0.29) is 35.8 Å². The third-order valence-electron chi connectivity index (χ3n) is 5.12. The van der Waals surface area contributed by atoms with E-state index < -0.39 is 0 Å². The molecule has 2 amide bonds. The molecule has 2 rings (SSSR count). The molecule has 5 heteroatoms. The molecule has 1 fully saturated rings. The minimum Gasteiger partial charge on any atom is -0.469 e. The van der Waals surface area contributed by atoms with Gasteiger partial charge in [0.05, 0.1) is 13.0 Å². The molecule has 1 aromatic rings. The monoisotopic (exact) mass is 332 g/mol. The molecule has 0 unspecified atom stereocenters. The number of piperidine rings is 1. The van der Waals surface area contributed by atoms with E-state index in [0.29, 0.717) is 19.5 Å².